The highest BCUT2D eigenvalue weighted by Gasteiger charge is 2.18. The predicted octanol–water partition coefficient (Wildman–Crippen LogP) is 3.90. The number of rotatable bonds is 4. The Morgan fingerprint density at radius 1 is 1.44 bits per heavy atom. The van der Waals surface area contributed by atoms with Gasteiger partial charge in [-0.3, -0.25) is 4.79 Å². The molecule has 98 valence electrons. The second-order valence-corrected chi connectivity index (χ2v) is 5.98. The van der Waals surface area contributed by atoms with Gasteiger partial charge >= 0.3 is 0 Å². The molecule has 0 amide bonds. The summed E-state index contributed by atoms with van der Waals surface area (Å²) in [5.41, 5.74) is 0.814. The van der Waals surface area contributed by atoms with Crippen LogP contribution in [-0.4, -0.2) is 29.8 Å². The summed E-state index contributed by atoms with van der Waals surface area (Å²) in [4.78, 5) is 14.5. The maximum Gasteiger partial charge on any atom is 0.164 e. The summed E-state index contributed by atoms with van der Waals surface area (Å²) in [5, 5.41) is 0. The van der Waals surface area contributed by atoms with Gasteiger partial charge in [-0.2, -0.15) is 0 Å². The van der Waals surface area contributed by atoms with Crippen molar-refractivity contribution in [1.82, 2.24) is 4.90 Å². The minimum Gasteiger partial charge on any atom is -0.300 e. The van der Waals surface area contributed by atoms with Crippen LogP contribution < -0.4 is 0 Å². The van der Waals surface area contributed by atoms with Crippen molar-refractivity contribution in [3.8, 4) is 0 Å². The van der Waals surface area contributed by atoms with Crippen LogP contribution in [0.4, 0.5) is 0 Å². The summed E-state index contributed by atoms with van der Waals surface area (Å²) >= 11 is 3.41. The van der Waals surface area contributed by atoms with Gasteiger partial charge in [0.2, 0.25) is 0 Å². The third-order valence-electron chi connectivity index (χ3n) is 3.71. The average molecular weight is 310 g/mol. The van der Waals surface area contributed by atoms with Crippen LogP contribution >= 0.6 is 15.9 Å². The molecule has 0 radical (unpaired) electrons. The average Bonchev–Trinajstić information content (AvgIpc) is 2.37. The van der Waals surface area contributed by atoms with Crippen molar-refractivity contribution in [2.75, 3.05) is 13.1 Å². The van der Waals surface area contributed by atoms with Gasteiger partial charge in [0, 0.05) is 29.0 Å². The summed E-state index contributed by atoms with van der Waals surface area (Å²) in [5.74, 6) is 0.245. The third kappa shape index (κ3) is 3.66. The highest BCUT2D eigenvalue weighted by Crippen LogP contribution is 2.18. The first-order valence-corrected chi connectivity index (χ1v) is 7.49. The molecule has 1 aromatic rings. The van der Waals surface area contributed by atoms with E-state index in [4.69, 9.17) is 0 Å². The Bertz CT molecular complexity index is 419. The molecule has 0 aromatic heterocycles. The summed E-state index contributed by atoms with van der Waals surface area (Å²) in [6.45, 7) is 4.31. The Kier molecular flexibility index (Phi) is 4.95. The molecule has 2 nitrogen and oxygen atoms in total. The van der Waals surface area contributed by atoms with Gasteiger partial charge in [0.25, 0.3) is 0 Å². The maximum atomic E-state index is 12.1. The highest BCUT2D eigenvalue weighted by molar-refractivity contribution is 9.10. The van der Waals surface area contributed by atoms with Crippen molar-refractivity contribution in [2.45, 2.75) is 38.6 Å². The summed E-state index contributed by atoms with van der Waals surface area (Å²) in [6.07, 6.45) is 4.50. The zero-order valence-corrected chi connectivity index (χ0v) is 12.4. The summed E-state index contributed by atoms with van der Waals surface area (Å²) < 4.78 is 0.972. The SMILES string of the molecule is CC1CCCCN1CCC(=O)c1cccc(Br)c1. The van der Waals surface area contributed by atoms with Crippen molar-refractivity contribution in [2.24, 2.45) is 0 Å². The first-order valence-electron chi connectivity index (χ1n) is 6.69. The van der Waals surface area contributed by atoms with Gasteiger partial charge in [0.05, 0.1) is 0 Å². The van der Waals surface area contributed by atoms with Crippen molar-refractivity contribution in [1.29, 1.82) is 0 Å². The number of hydrogen-bond donors (Lipinski definition) is 0. The minimum absolute atomic E-state index is 0.245. The lowest BCUT2D eigenvalue weighted by Gasteiger charge is -2.33. The van der Waals surface area contributed by atoms with E-state index in [0.717, 1.165) is 23.1 Å². The van der Waals surface area contributed by atoms with E-state index in [1.165, 1.54) is 19.3 Å². The van der Waals surface area contributed by atoms with Crippen LogP contribution in [-0.2, 0) is 0 Å². The molecule has 3 heteroatoms. The number of likely N-dealkylation sites (tertiary alicyclic amines) is 1. The topological polar surface area (TPSA) is 20.3 Å². The number of Topliss-reactive ketones (excluding diaryl/α,β-unsaturated/α-hetero) is 1. The van der Waals surface area contributed by atoms with Crippen molar-refractivity contribution >= 4 is 21.7 Å². The minimum atomic E-state index is 0.245. The number of ketones is 1. The van der Waals surface area contributed by atoms with E-state index in [9.17, 15) is 4.79 Å². The van der Waals surface area contributed by atoms with Crippen molar-refractivity contribution < 1.29 is 4.79 Å². The van der Waals surface area contributed by atoms with Crippen LogP contribution in [0, 0.1) is 0 Å². The second-order valence-electron chi connectivity index (χ2n) is 5.06. The standard InChI is InChI=1S/C15H20BrNO/c1-12-5-2-3-9-17(12)10-8-15(18)13-6-4-7-14(16)11-13/h4,6-7,11-12H,2-3,5,8-10H2,1H3. The van der Waals surface area contributed by atoms with Crippen LogP contribution in [0.3, 0.4) is 0 Å². The fourth-order valence-corrected chi connectivity index (χ4v) is 2.94. The van der Waals surface area contributed by atoms with Gasteiger partial charge in [-0.25, -0.2) is 0 Å². The molecule has 0 spiro atoms. The molecule has 2 rings (SSSR count). The molecular formula is C15H20BrNO. The molecule has 1 atom stereocenters. The van der Waals surface area contributed by atoms with Crippen molar-refractivity contribution in [3.05, 3.63) is 34.3 Å². The number of halogens is 1. The van der Waals surface area contributed by atoms with E-state index >= 15 is 0 Å². The lowest BCUT2D eigenvalue weighted by molar-refractivity contribution is 0.0935. The lowest BCUT2D eigenvalue weighted by atomic mass is 10.0. The molecule has 1 aliphatic rings. The number of piperidine rings is 1. The molecule has 1 unspecified atom stereocenters. The second kappa shape index (κ2) is 6.48. The van der Waals surface area contributed by atoms with E-state index in [1.54, 1.807) is 0 Å². The summed E-state index contributed by atoms with van der Waals surface area (Å²) in [6, 6.07) is 8.30. The fraction of sp³-hybridized carbons (Fsp3) is 0.533. The smallest absolute Gasteiger partial charge is 0.164 e. The highest BCUT2D eigenvalue weighted by atomic mass is 79.9. The fourth-order valence-electron chi connectivity index (χ4n) is 2.54. The molecule has 0 aliphatic carbocycles. The Morgan fingerprint density at radius 3 is 3.00 bits per heavy atom. The van der Waals surface area contributed by atoms with Crippen LogP contribution in [0.2, 0.25) is 0 Å². The predicted molar refractivity (Wildman–Crippen MR) is 78.0 cm³/mol. The van der Waals surface area contributed by atoms with Gasteiger partial charge in [-0.05, 0) is 38.4 Å². The third-order valence-corrected chi connectivity index (χ3v) is 4.21. The van der Waals surface area contributed by atoms with Gasteiger partial charge in [0.1, 0.15) is 0 Å². The molecule has 0 saturated carbocycles. The molecule has 1 aromatic carbocycles. The van der Waals surface area contributed by atoms with Crippen LogP contribution in [0.5, 0.6) is 0 Å². The normalized spacial score (nSPS) is 20.9. The number of hydrogen-bond acceptors (Lipinski definition) is 2. The first kappa shape index (κ1) is 13.8. The number of nitrogens with zero attached hydrogens (tertiary/aromatic N) is 1. The monoisotopic (exact) mass is 309 g/mol. The first-order chi connectivity index (χ1) is 8.66. The van der Waals surface area contributed by atoms with E-state index in [2.05, 4.69) is 27.8 Å². The van der Waals surface area contributed by atoms with Gasteiger partial charge in [0.15, 0.2) is 5.78 Å². The molecule has 1 saturated heterocycles. The van der Waals surface area contributed by atoms with Gasteiger partial charge in [-0.1, -0.05) is 34.5 Å². The van der Waals surface area contributed by atoms with Crippen LogP contribution in [0.1, 0.15) is 43.0 Å². The number of carbonyl (C=O) groups excluding carboxylic acids is 1. The van der Waals surface area contributed by atoms with Gasteiger partial charge < -0.3 is 4.90 Å². The molecule has 0 bridgehead atoms. The largest absolute Gasteiger partial charge is 0.300 e. The molecule has 1 aliphatic heterocycles. The van der Waals surface area contributed by atoms with E-state index in [0.29, 0.717) is 12.5 Å². The van der Waals surface area contributed by atoms with E-state index in [1.807, 2.05) is 24.3 Å². The molecule has 18 heavy (non-hydrogen) atoms. The van der Waals surface area contributed by atoms with Gasteiger partial charge in [-0.15, -0.1) is 0 Å². The Morgan fingerprint density at radius 2 is 2.28 bits per heavy atom. The number of benzene rings is 1. The molecular weight excluding hydrogens is 290 g/mol. The van der Waals surface area contributed by atoms with Crippen LogP contribution in [0.15, 0.2) is 28.7 Å². The molecule has 1 heterocycles. The van der Waals surface area contributed by atoms with Crippen LogP contribution in [0.25, 0.3) is 0 Å². The summed E-state index contributed by atoms with van der Waals surface area (Å²) in [7, 11) is 0. The Hall–Kier alpha value is -0.670. The molecule has 0 N–H and O–H groups in total. The zero-order chi connectivity index (χ0) is 13.0. The molecule has 1 fully saturated rings. The Labute approximate surface area is 117 Å². The van der Waals surface area contributed by atoms with E-state index in [-0.39, 0.29) is 5.78 Å². The zero-order valence-electron chi connectivity index (χ0n) is 10.9. The van der Waals surface area contributed by atoms with Crippen molar-refractivity contribution in [3.63, 3.8) is 0 Å². The lowest BCUT2D eigenvalue weighted by Crippen LogP contribution is -2.38. The Balaban J connectivity index is 1.88. The number of carbonyl (C=O) groups is 1. The maximum absolute atomic E-state index is 12.1. The quantitative estimate of drug-likeness (QED) is 0.786. The van der Waals surface area contributed by atoms with E-state index < -0.39 is 0 Å².